The van der Waals surface area contributed by atoms with Crippen LogP contribution in [-0.2, 0) is 22.4 Å². The zero-order valence-electron chi connectivity index (χ0n) is 17.9. The average Bonchev–Trinajstić information content (AvgIpc) is 3.17. The fraction of sp³-hybridized carbons (Fsp3) is 0.208. The SMILES string of the molecule is N[C@H](COc1cncc(-c2ccc3c(c2)CC(=O)N3)c1)Cc1ccccc1.O=C(O)C(F)(F)F. The van der Waals surface area contributed by atoms with E-state index in [0.29, 0.717) is 18.8 Å². The number of carbonyl (C=O) groups excluding carboxylic acids is 1. The average molecular weight is 473 g/mol. The van der Waals surface area contributed by atoms with Crippen molar-refractivity contribution in [2.45, 2.75) is 25.1 Å². The number of hydrogen-bond donors (Lipinski definition) is 3. The van der Waals surface area contributed by atoms with Gasteiger partial charge >= 0.3 is 12.1 Å². The molecule has 1 atom stereocenters. The number of rotatable bonds is 6. The highest BCUT2D eigenvalue weighted by Crippen LogP contribution is 2.30. The predicted octanol–water partition coefficient (Wildman–Crippen LogP) is 3.83. The first-order valence-electron chi connectivity index (χ1n) is 10.2. The normalized spacial score (nSPS) is 13.2. The maximum absolute atomic E-state index is 11.5. The van der Waals surface area contributed by atoms with Gasteiger partial charge in [0.25, 0.3) is 0 Å². The molecule has 3 aromatic rings. The number of fused-ring (bicyclic) bond motifs is 1. The summed E-state index contributed by atoms with van der Waals surface area (Å²) in [5, 5.41) is 9.97. The lowest BCUT2D eigenvalue weighted by molar-refractivity contribution is -0.192. The van der Waals surface area contributed by atoms with E-state index in [2.05, 4.69) is 22.4 Å². The van der Waals surface area contributed by atoms with E-state index in [9.17, 15) is 18.0 Å². The summed E-state index contributed by atoms with van der Waals surface area (Å²) in [5.41, 5.74) is 11.2. The van der Waals surface area contributed by atoms with Crippen LogP contribution in [0.25, 0.3) is 11.1 Å². The van der Waals surface area contributed by atoms with Crippen LogP contribution in [0.5, 0.6) is 5.75 Å². The predicted molar refractivity (Wildman–Crippen MR) is 119 cm³/mol. The number of amides is 1. The minimum absolute atomic E-state index is 0.0322. The third-order valence-corrected chi connectivity index (χ3v) is 4.82. The number of nitrogens with zero attached hydrogens (tertiary/aromatic N) is 1. The van der Waals surface area contributed by atoms with Gasteiger partial charge in [-0.2, -0.15) is 13.2 Å². The summed E-state index contributed by atoms with van der Waals surface area (Å²) in [7, 11) is 0. The minimum atomic E-state index is -5.08. The van der Waals surface area contributed by atoms with E-state index in [4.69, 9.17) is 20.4 Å². The third kappa shape index (κ3) is 7.04. The molecule has 0 saturated heterocycles. The van der Waals surface area contributed by atoms with E-state index in [0.717, 1.165) is 28.8 Å². The van der Waals surface area contributed by atoms with Crippen LogP contribution in [0.1, 0.15) is 11.1 Å². The molecule has 1 amide bonds. The summed E-state index contributed by atoms with van der Waals surface area (Å²) in [6.07, 6.45) is -0.416. The van der Waals surface area contributed by atoms with E-state index >= 15 is 0 Å². The second kappa shape index (κ2) is 10.8. The highest BCUT2D eigenvalue weighted by atomic mass is 19.4. The lowest BCUT2D eigenvalue weighted by atomic mass is 10.0. The highest BCUT2D eigenvalue weighted by Gasteiger charge is 2.38. The number of aliphatic carboxylic acids is 1. The molecule has 1 aliphatic heterocycles. The molecule has 34 heavy (non-hydrogen) atoms. The Kier molecular flexibility index (Phi) is 7.85. The van der Waals surface area contributed by atoms with E-state index in [1.165, 1.54) is 5.56 Å². The van der Waals surface area contributed by atoms with Crippen LogP contribution < -0.4 is 15.8 Å². The van der Waals surface area contributed by atoms with E-state index in [1.807, 2.05) is 42.5 Å². The van der Waals surface area contributed by atoms with Crippen molar-refractivity contribution in [1.29, 1.82) is 0 Å². The Bertz CT molecular complexity index is 1150. The standard InChI is InChI=1S/C22H21N3O2.C2HF3O2/c23-19(8-15-4-2-1-3-5-15)14-27-20-10-18(12-24-13-20)16-6-7-21-17(9-16)11-22(26)25-21;3-2(4,5)1(6)7/h1-7,9-10,12-13,19H,8,11,14,23H2,(H,25,26);(H,6,7)/t19-;/m0./s1. The topological polar surface area (TPSA) is 115 Å². The van der Waals surface area contributed by atoms with E-state index < -0.39 is 12.1 Å². The van der Waals surface area contributed by atoms with Crippen LogP contribution in [0, 0.1) is 0 Å². The van der Waals surface area contributed by atoms with Crippen molar-refractivity contribution in [1.82, 2.24) is 4.98 Å². The number of nitrogens with one attached hydrogen (secondary N) is 1. The number of hydrogen-bond acceptors (Lipinski definition) is 5. The largest absolute Gasteiger partial charge is 0.490 e. The lowest BCUT2D eigenvalue weighted by Gasteiger charge is -2.14. The van der Waals surface area contributed by atoms with Gasteiger partial charge in [0, 0.05) is 23.5 Å². The van der Waals surface area contributed by atoms with Gasteiger partial charge in [-0.05, 0) is 41.3 Å². The molecule has 4 N–H and O–H groups in total. The van der Waals surface area contributed by atoms with Gasteiger partial charge in [0.15, 0.2) is 0 Å². The van der Waals surface area contributed by atoms with Gasteiger partial charge < -0.3 is 20.9 Å². The van der Waals surface area contributed by atoms with Gasteiger partial charge in [-0.25, -0.2) is 4.79 Å². The number of pyridine rings is 1. The molecule has 0 aliphatic carbocycles. The van der Waals surface area contributed by atoms with Crippen molar-refractivity contribution in [2.75, 3.05) is 11.9 Å². The first-order chi connectivity index (χ1) is 16.1. The molecule has 4 rings (SSSR count). The molecule has 2 aromatic carbocycles. The quantitative estimate of drug-likeness (QED) is 0.502. The monoisotopic (exact) mass is 473 g/mol. The van der Waals surface area contributed by atoms with Crippen molar-refractivity contribution in [3.05, 3.63) is 78.1 Å². The summed E-state index contributed by atoms with van der Waals surface area (Å²) in [6.45, 7) is 0.419. The van der Waals surface area contributed by atoms with Gasteiger partial charge in [0.2, 0.25) is 5.91 Å². The van der Waals surface area contributed by atoms with E-state index in [1.54, 1.807) is 12.4 Å². The van der Waals surface area contributed by atoms with Crippen LogP contribution in [0.2, 0.25) is 0 Å². The number of anilines is 1. The second-order valence-corrected chi connectivity index (χ2v) is 7.57. The third-order valence-electron chi connectivity index (χ3n) is 4.82. The Morgan fingerprint density at radius 1 is 1.12 bits per heavy atom. The summed E-state index contributed by atoms with van der Waals surface area (Å²) in [4.78, 5) is 24.7. The summed E-state index contributed by atoms with van der Waals surface area (Å²) in [6, 6.07) is 17.9. The number of benzene rings is 2. The van der Waals surface area contributed by atoms with Crippen molar-refractivity contribution in [2.24, 2.45) is 5.73 Å². The Hall–Kier alpha value is -3.92. The van der Waals surface area contributed by atoms with Crippen molar-refractivity contribution < 1.29 is 32.6 Å². The zero-order chi connectivity index (χ0) is 24.7. The Morgan fingerprint density at radius 3 is 2.50 bits per heavy atom. The molecular weight excluding hydrogens is 451 g/mol. The van der Waals surface area contributed by atoms with Gasteiger partial charge in [0.1, 0.15) is 12.4 Å². The van der Waals surface area contributed by atoms with E-state index in [-0.39, 0.29) is 11.9 Å². The summed E-state index contributed by atoms with van der Waals surface area (Å²) >= 11 is 0. The number of nitrogens with two attached hydrogens (primary N) is 1. The van der Waals surface area contributed by atoms with Gasteiger partial charge in [0.05, 0.1) is 12.6 Å². The van der Waals surface area contributed by atoms with Crippen molar-refractivity contribution in [3.63, 3.8) is 0 Å². The number of carbonyl (C=O) groups is 2. The minimum Gasteiger partial charge on any atom is -0.490 e. The van der Waals surface area contributed by atoms with Crippen LogP contribution in [0.15, 0.2) is 67.0 Å². The van der Waals surface area contributed by atoms with Crippen LogP contribution in [-0.4, -0.2) is 40.8 Å². The Morgan fingerprint density at radius 2 is 1.82 bits per heavy atom. The fourth-order valence-corrected chi connectivity index (χ4v) is 3.24. The molecule has 0 unspecified atom stereocenters. The molecule has 2 heterocycles. The lowest BCUT2D eigenvalue weighted by Crippen LogP contribution is -2.30. The number of halogens is 3. The Labute approximate surface area is 193 Å². The van der Waals surface area contributed by atoms with Gasteiger partial charge in [-0.3, -0.25) is 9.78 Å². The molecule has 0 fully saturated rings. The molecule has 7 nitrogen and oxygen atoms in total. The number of ether oxygens (including phenoxy) is 1. The molecule has 10 heteroatoms. The van der Waals surface area contributed by atoms with Crippen molar-refractivity contribution in [3.8, 4) is 16.9 Å². The fourth-order valence-electron chi connectivity index (χ4n) is 3.24. The maximum atomic E-state index is 11.5. The molecule has 0 bridgehead atoms. The number of alkyl halides is 3. The smallest absolute Gasteiger partial charge is 0.490 e. The molecular formula is C24H22F3N3O4. The van der Waals surface area contributed by atoms with Crippen molar-refractivity contribution >= 4 is 17.6 Å². The van der Waals surface area contributed by atoms with Gasteiger partial charge in [-0.15, -0.1) is 0 Å². The first kappa shape index (κ1) is 24.7. The molecule has 178 valence electrons. The maximum Gasteiger partial charge on any atom is 0.490 e. The number of carboxylic acid groups (broad SMARTS) is 1. The zero-order valence-corrected chi connectivity index (χ0v) is 17.9. The first-order valence-corrected chi connectivity index (χ1v) is 10.2. The van der Waals surface area contributed by atoms with Gasteiger partial charge in [-0.1, -0.05) is 36.4 Å². The molecule has 1 aliphatic rings. The highest BCUT2D eigenvalue weighted by molar-refractivity contribution is 5.99. The number of carboxylic acids is 1. The summed E-state index contributed by atoms with van der Waals surface area (Å²) < 4.78 is 37.6. The molecule has 0 radical (unpaired) electrons. The molecule has 0 spiro atoms. The van der Waals surface area contributed by atoms with Crippen LogP contribution >= 0.6 is 0 Å². The number of aromatic nitrogens is 1. The molecule has 0 saturated carbocycles. The van der Waals surface area contributed by atoms with Crippen LogP contribution in [0.3, 0.4) is 0 Å². The summed E-state index contributed by atoms with van der Waals surface area (Å²) in [5.74, 6) is -2.04. The van der Waals surface area contributed by atoms with Crippen LogP contribution in [0.4, 0.5) is 18.9 Å². The second-order valence-electron chi connectivity index (χ2n) is 7.57. The Balaban J connectivity index is 0.000000406. The molecule has 1 aromatic heterocycles.